The van der Waals surface area contributed by atoms with Gasteiger partial charge in [-0.25, -0.2) is 0 Å². The molecule has 3 aliphatic rings. The maximum atomic E-state index is 10.7. The highest BCUT2D eigenvalue weighted by molar-refractivity contribution is 5.64. The maximum absolute atomic E-state index is 10.7. The quantitative estimate of drug-likeness (QED) is 0.413. The Hall–Kier alpha value is -1.11. The van der Waals surface area contributed by atoms with E-state index < -0.39 is 0 Å². The van der Waals surface area contributed by atoms with Crippen LogP contribution in [0.3, 0.4) is 0 Å². The van der Waals surface area contributed by atoms with Gasteiger partial charge in [0, 0.05) is 0 Å². The highest BCUT2D eigenvalue weighted by Crippen LogP contribution is 2.59. The number of fused-ring (bicyclic) bond motifs is 1. The van der Waals surface area contributed by atoms with Gasteiger partial charge in [0.25, 0.3) is 0 Å². The summed E-state index contributed by atoms with van der Waals surface area (Å²) < 4.78 is 0. The number of hydrogen-bond donors (Lipinski definition) is 0. The van der Waals surface area contributed by atoms with E-state index in [0.29, 0.717) is 11.3 Å². The zero-order valence-electron chi connectivity index (χ0n) is 16.5. The molecule has 3 saturated carbocycles. The van der Waals surface area contributed by atoms with Crippen LogP contribution in [0.1, 0.15) is 78.6 Å². The molecule has 0 aromatic rings. The first kappa shape index (κ1) is 18.7. The Balaban J connectivity index is 1.78. The molecule has 1 nitrogen and oxygen atoms in total. The van der Waals surface area contributed by atoms with Gasteiger partial charge in [-0.2, -0.15) is 0 Å². The van der Waals surface area contributed by atoms with E-state index in [9.17, 15) is 4.79 Å². The molecule has 25 heavy (non-hydrogen) atoms. The van der Waals surface area contributed by atoms with Crippen LogP contribution in [0.2, 0.25) is 0 Å². The molecule has 0 saturated heterocycles. The first-order valence-corrected chi connectivity index (χ1v) is 10.6. The molecule has 0 radical (unpaired) electrons. The zero-order chi connectivity index (χ0) is 17.9. The first-order valence-electron chi connectivity index (χ1n) is 10.6. The van der Waals surface area contributed by atoms with Crippen molar-refractivity contribution < 1.29 is 4.79 Å². The largest absolute Gasteiger partial charge is 0.299 e. The molecule has 0 amide bonds. The molecule has 0 spiro atoms. The molecule has 0 aliphatic heterocycles. The Morgan fingerprint density at radius 2 is 1.80 bits per heavy atom. The van der Waals surface area contributed by atoms with Crippen LogP contribution in [0, 0.1) is 29.1 Å². The summed E-state index contributed by atoms with van der Waals surface area (Å²) >= 11 is 0. The second-order valence-electron chi connectivity index (χ2n) is 9.11. The van der Waals surface area contributed by atoms with Gasteiger partial charge in [-0.05, 0) is 86.5 Å². The second-order valence-corrected chi connectivity index (χ2v) is 9.11. The molecule has 3 rings (SSSR count). The second kappa shape index (κ2) is 8.06. The van der Waals surface area contributed by atoms with Crippen LogP contribution >= 0.6 is 0 Å². The third kappa shape index (κ3) is 3.86. The molecule has 0 N–H and O–H groups in total. The summed E-state index contributed by atoms with van der Waals surface area (Å²) in [4.78, 5) is 10.7. The molecular weight excluding hydrogens is 304 g/mol. The summed E-state index contributed by atoms with van der Waals surface area (Å²) in [7, 11) is 0. The Bertz CT molecular complexity index is 567. The molecule has 0 aromatic heterocycles. The fourth-order valence-corrected chi connectivity index (χ4v) is 6.17. The predicted molar refractivity (Wildman–Crippen MR) is 106 cm³/mol. The van der Waals surface area contributed by atoms with Gasteiger partial charge in [-0.15, -0.1) is 0 Å². The smallest absolute Gasteiger partial charge is 0.142 e. The van der Waals surface area contributed by atoms with Crippen molar-refractivity contribution in [2.24, 2.45) is 29.1 Å². The van der Waals surface area contributed by atoms with Crippen molar-refractivity contribution in [2.75, 3.05) is 0 Å². The van der Waals surface area contributed by atoms with E-state index in [1.165, 1.54) is 57.8 Å². The van der Waals surface area contributed by atoms with Crippen molar-refractivity contribution in [1.82, 2.24) is 0 Å². The molecule has 3 fully saturated rings. The molecule has 0 unspecified atom stereocenters. The van der Waals surface area contributed by atoms with Crippen molar-refractivity contribution >= 4 is 6.29 Å². The number of carbonyl (C=O) groups excluding carboxylic acids is 1. The minimum absolute atomic E-state index is 0.424. The van der Waals surface area contributed by atoms with E-state index >= 15 is 0 Å². The summed E-state index contributed by atoms with van der Waals surface area (Å²) in [6.07, 6.45) is 21.9. The van der Waals surface area contributed by atoms with Gasteiger partial charge in [0.15, 0.2) is 0 Å². The van der Waals surface area contributed by atoms with E-state index in [1.54, 1.807) is 17.2 Å². The van der Waals surface area contributed by atoms with Crippen molar-refractivity contribution in [3.05, 3.63) is 35.5 Å². The Labute approximate surface area is 154 Å². The van der Waals surface area contributed by atoms with Gasteiger partial charge in [-0.1, -0.05) is 56.6 Å². The minimum atomic E-state index is 0.424. The standard InChI is InChI=1S/C24H36O/c1-18-8-4-5-10-20(18)12-13-21-11-6-16-24(3)22(14-15-23(21)24)19(2)9-7-17-25/h7,9,12-13,17-19,22-23H,4-6,8,10-11,14-16H2,1-3H3/t18-,19+,22+,23-,24+/m0/s1. The first-order chi connectivity index (χ1) is 12.1. The van der Waals surface area contributed by atoms with Crippen molar-refractivity contribution in [3.8, 4) is 0 Å². The van der Waals surface area contributed by atoms with Crippen molar-refractivity contribution in [2.45, 2.75) is 78.6 Å². The van der Waals surface area contributed by atoms with Crippen molar-refractivity contribution in [3.63, 3.8) is 0 Å². The van der Waals surface area contributed by atoms with E-state index in [4.69, 9.17) is 0 Å². The van der Waals surface area contributed by atoms with E-state index in [1.807, 2.05) is 0 Å². The average Bonchev–Trinajstić information content (AvgIpc) is 2.96. The molecule has 3 aliphatic carbocycles. The zero-order valence-corrected chi connectivity index (χ0v) is 16.5. The third-order valence-electron chi connectivity index (χ3n) is 7.66. The number of hydrogen-bond acceptors (Lipinski definition) is 1. The lowest BCUT2D eigenvalue weighted by molar-refractivity contribution is -0.104. The monoisotopic (exact) mass is 340 g/mol. The van der Waals surface area contributed by atoms with Gasteiger partial charge in [0.2, 0.25) is 0 Å². The fraction of sp³-hybridized carbons (Fsp3) is 0.708. The number of rotatable bonds is 4. The van der Waals surface area contributed by atoms with Crippen LogP contribution in [-0.2, 0) is 4.79 Å². The Morgan fingerprint density at radius 1 is 1.04 bits per heavy atom. The number of carbonyl (C=O) groups is 1. The maximum Gasteiger partial charge on any atom is 0.142 e. The average molecular weight is 341 g/mol. The van der Waals surface area contributed by atoms with Crippen LogP contribution in [0.5, 0.6) is 0 Å². The molecule has 0 aromatic carbocycles. The lowest BCUT2D eigenvalue weighted by Crippen LogP contribution is -2.35. The molecule has 138 valence electrons. The highest BCUT2D eigenvalue weighted by atomic mass is 16.1. The lowest BCUT2D eigenvalue weighted by atomic mass is 9.61. The lowest BCUT2D eigenvalue weighted by Gasteiger charge is -2.44. The topological polar surface area (TPSA) is 17.1 Å². The van der Waals surface area contributed by atoms with E-state index in [-0.39, 0.29) is 0 Å². The molecule has 5 atom stereocenters. The number of aldehydes is 1. The van der Waals surface area contributed by atoms with Crippen molar-refractivity contribution in [1.29, 1.82) is 0 Å². The van der Waals surface area contributed by atoms with Crippen LogP contribution < -0.4 is 0 Å². The van der Waals surface area contributed by atoms with Gasteiger partial charge in [0.1, 0.15) is 6.29 Å². The summed E-state index contributed by atoms with van der Waals surface area (Å²) in [5, 5.41) is 0. The molecule has 0 heterocycles. The minimum Gasteiger partial charge on any atom is -0.299 e. The van der Waals surface area contributed by atoms with Gasteiger partial charge in [-0.3, -0.25) is 4.79 Å². The Kier molecular flexibility index (Phi) is 6.02. The summed E-state index contributed by atoms with van der Waals surface area (Å²) in [6.45, 7) is 7.24. The Morgan fingerprint density at radius 3 is 2.56 bits per heavy atom. The summed E-state index contributed by atoms with van der Waals surface area (Å²) in [5.74, 6) is 2.77. The summed E-state index contributed by atoms with van der Waals surface area (Å²) in [5.41, 5.74) is 3.82. The van der Waals surface area contributed by atoms with Crippen LogP contribution in [0.25, 0.3) is 0 Å². The van der Waals surface area contributed by atoms with Gasteiger partial charge >= 0.3 is 0 Å². The molecular formula is C24H36O. The SMILES string of the molecule is C[C@H](C=CC=O)[C@H]1CC[C@H]2C(=CC=C3CCCC[C@@H]3C)CCC[C@]12C. The molecule has 1 heteroatoms. The number of allylic oxidation sites excluding steroid dienone is 6. The predicted octanol–water partition coefficient (Wildman–Crippen LogP) is 6.66. The fourth-order valence-electron chi connectivity index (χ4n) is 6.17. The van der Waals surface area contributed by atoms with Crippen LogP contribution in [0.15, 0.2) is 35.5 Å². The van der Waals surface area contributed by atoms with Crippen LogP contribution in [0.4, 0.5) is 0 Å². The van der Waals surface area contributed by atoms with Crippen LogP contribution in [-0.4, -0.2) is 6.29 Å². The molecule has 0 bridgehead atoms. The van der Waals surface area contributed by atoms with Gasteiger partial charge in [0.05, 0.1) is 0 Å². The summed E-state index contributed by atoms with van der Waals surface area (Å²) in [6, 6.07) is 0. The van der Waals surface area contributed by atoms with Gasteiger partial charge < -0.3 is 0 Å². The normalized spacial score (nSPS) is 40.5. The third-order valence-corrected chi connectivity index (χ3v) is 7.66. The van der Waals surface area contributed by atoms with E-state index in [0.717, 1.165) is 24.0 Å². The van der Waals surface area contributed by atoms with E-state index in [2.05, 4.69) is 39.0 Å². The highest BCUT2D eigenvalue weighted by Gasteiger charge is 2.50.